The van der Waals surface area contributed by atoms with Crippen molar-refractivity contribution in [2.45, 2.75) is 45.4 Å². The molecule has 2 aromatic heterocycles. The van der Waals surface area contributed by atoms with Crippen LogP contribution in [0.3, 0.4) is 0 Å². The predicted molar refractivity (Wildman–Crippen MR) is 92.6 cm³/mol. The Balaban J connectivity index is 1.76. The molecule has 0 aliphatic carbocycles. The zero-order valence-electron chi connectivity index (χ0n) is 14.0. The quantitative estimate of drug-likeness (QED) is 0.674. The Hall–Kier alpha value is -1.86. The van der Waals surface area contributed by atoms with Crippen LogP contribution in [0.25, 0.3) is 11.0 Å². The third-order valence-electron chi connectivity index (χ3n) is 3.84. The van der Waals surface area contributed by atoms with Crippen LogP contribution in [-0.4, -0.2) is 36.2 Å². The highest BCUT2D eigenvalue weighted by Gasteiger charge is 2.25. The molecule has 1 unspecified atom stereocenters. The molecule has 1 atom stereocenters. The minimum absolute atomic E-state index is 0.146. The maximum atomic E-state index is 11.7. The van der Waals surface area contributed by atoms with Gasteiger partial charge >= 0.3 is 0 Å². The van der Waals surface area contributed by atoms with E-state index in [1.165, 1.54) is 0 Å². The van der Waals surface area contributed by atoms with Crippen molar-refractivity contribution < 1.29 is 14.3 Å². The summed E-state index contributed by atoms with van der Waals surface area (Å²) in [5, 5.41) is 3.77. The summed E-state index contributed by atoms with van der Waals surface area (Å²) in [5.41, 5.74) is 1.43. The monoisotopic (exact) mass is 333 g/mol. The molecule has 0 radical (unpaired) electrons. The SMILES string of the molecule is CC1Oc2nc3c(ccn3COCC[Si](C)(C)C)cc2NC1=O. The molecule has 1 aliphatic heterocycles. The number of fused-ring (bicyclic) bond motifs is 2. The fourth-order valence-corrected chi connectivity index (χ4v) is 3.13. The van der Waals surface area contributed by atoms with Crippen LogP contribution in [0.4, 0.5) is 5.69 Å². The lowest BCUT2D eigenvalue weighted by molar-refractivity contribution is -0.122. The number of nitrogens with zero attached hydrogens (tertiary/aromatic N) is 2. The van der Waals surface area contributed by atoms with Crippen LogP contribution >= 0.6 is 0 Å². The van der Waals surface area contributed by atoms with Crippen molar-refractivity contribution in [2.24, 2.45) is 0 Å². The third kappa shape index (κ3) is 3.56. The standard InChI is InChI=1S/C16H23N3O3Si/c1-11-15(20)17-13-9-12-5-6-19(14(12)18-16(13)22-11)10-21-7-8-23(2,3)4/h5-6,9,11H,7-8,10H2,1-4H3,(H,17,20). The first-order valence-corrected chi connectivity index (χ1v) is 11.6. The smallest absolute Gasteiger partial charge is 0.265 e. The van der Waals surface area contributed by atoms with Gasteiger partial charge in [0.15, 0.2) is 6.10 Å². The highest BCUT2D eigenvalue weighted by Crippen LogP contribution is 2.31. The fourth-order valence-electron chi connectivity index (χ4n) is 2.38. The molecule has 0 aromatic carbocycles. The van der Waals surface area contributed by atoms with Gasteiger partial charge in [0.25, 0.3) is 5.91 Å². The van der Waals surface area contributed by atoms with E-state index < -0.39 is 14.2 Å². The normalized spacial score (nSPS) is 17.7. The van der Waals surface area contributed by atoms with Crippen LogP contribution in [0.2, 0.25) is 25.7 Å². The molecular formula is C16H23N3O3Si. The Labute approximate surface area is 136 Å². The molecule has 1 aliphatic rings. The van der Waals surface area contributed by atoms with E-state index in [1.54, 1.807) is 6.92 Å². The zero-order valence-corrected chi connectivity index (χ0v) is 15.0. The highest BCUT2D eigenvalue weighted by molar-refractivity contribution is 6.76. The van der Waals surface area contributed by atoms with Crippen molar-refractivity contribution in [2.75, 3.05) is 11.9 Å². The molecule has 3 rings (SSSR count). The minimum atomic E-state index is -1.08. The van der Waals surface area contributed by atoms with E-state index in [-0.39, 0.29) is 5.91 Å². The van der Waals surface area contributed by atoms with Crippen molar-refractivity contribution in [3.05, 3.63) is 18.3 Å². The first-order valence-electron chi connectivity index (χ1n) is 7.89. The number of carbonyl (C=O) groups excluding carboxylic acids is 1. The van der Waals surface area contributed by atoms with Crippen LogP contribution < -0.4 is 10.1 Å². The number of rotatable bonds is 5. The molecule has 0 spiro atoms. The number of aromatic nitrogens is 2. The summed E-state index contributed by atoms with van der Waals surface area (Å²) in [6, 6.07) is 5.00. The largest absolute Gasteiger partial charge is 0.463 e. The molecule has 0 saturated heterocycles. The predicted octanol–water partition coefficient (Wildman–Crippen LogP) is 3.07. The first-order chi connectivity index (χ1) is 10.8. The molecule has 2 aromatic rings. The van der Waals surface area contributed by atoms with Gasteiger partial charge in [-0.2, -0.15) is 4.98 Å². The summed E-state index contributed by atoms with van der Waals surface area (Å²) in [4.78, 5) is 16.2. The Morgan fingerprint density at radius 3 is 2.96 bits per heavy atom. The second-order valence-corrected chi connectivity index (χ2v) is 12.8. The number of carbonyl (C=O) groups is 1. The van der Waals surface area contributed by atoms with Crippen molar-refractivity contribution in [3.63, 3.8) is 0 Å². The Morgan fingerprint density at radius 2 is 2.22 bits per heavy atom. The maximum absolute atomic E-state index is 11.7. The average Bonchev–Trinajstić information content (AvgIpc) is 2.84. The lowest BCUT2D eigenvalue weighted by atomic mass is 10.2. The van der Waals surface area contributed by atoms with Gasteiger partial charge in [-0.25, -0.2) is 0 Å². The molecule has 0 fully saturated rings. The van der Waals surface area contributed by atoms with Gasteiger partial charge in [-0.15, -0.1) is 0 Å². The van der Waals surface area contributed by atoms with Gasteiger partial charge in [-0.1, -0.05) is 19.6 Å². The van der Waals surface area contributed by atoms with E-state index in [2.05, 4.69) is 29.9 Å². The van der Waals surface area contributed by atoms with Crippen LogP contribution in [0.5, 0.6) is 5.88 Å². The molecule has 7 heteroatoms. The van der Waals surface area contributed by atoms with Gasteiger partial charge in [0.1, 0.15) is 18.1 Å². The summed E-state index contributed by atoms with van der Waals surface area (Å²) in [6.45, 7) is 9.96. The number of hydrogen-bond donors (Lipinski definition) is 1. The minimum Gasteiger partial charge on any atom is -0.463 e. The highest BCUT2D eigenvalue weighted by atomic mass is 28.3. The lowest BCUT2D eigenvalue weighted by Gasteiger charge is -2.22. The van der Waals surface area contributed by atoms with Crippen LogP contribution in [-0.2, 0) is 16.3 Å². The Kier molecular flexibility index (Phi) is 4.16. The second kappa shape index (κ2) is 5.97. The summed E-state index contributed by atoms with van der Waals surface area (Å²) in [5.74, 6) is 0.319. The summed E-state index contributed by atoms with van der Waals surface area (Å²) >= 11 is 0. The fraction of sp³-hybridized carbons (Fsp3) is 0.500. The third-order valence-corrected chi connectivity index (χ3v) is 5.55. The molecule has 0 bridgehead atoms. The molecular weight excluding hydrogens is 310 g/mol. The van der Waals surface area contributed by atoms with E-state index in [1.807, 2.05) is 22.9 Å². The summed E-state index contributed by atoms with van der Waals surface area (Å²) in [6.07, 6.45) is 1.42. The van der Waals surface area contributed by atoms with Gasteiger partial charge in [0.2, 0.25) is 5.88 Å². The number of pyridine rings is 1. The van der Waals surface area contributed by atoms with Crippen LogP contribution in [0.1, 0.15) is 6.92 Å². The first kappa shape index (κ1) is 16.0. The van der Waals surface area contributed by atoms with Gasteiger partial charge in [0, 0.05) is 26.3 Å². The van der Waals surface area contributed by atoms with Crippen molar-refractivity contribution in [1.82, 2.24) is 9.55 Å². The second-order valence-electron chi connectivity index (χ2n) is 7.14. The Bertz CT molecular complexity index is 736. The molecule has 0 saturated carbocycles. The number of hydrogen-bond acceptors (Lipinski definition) is 4. The van der Waals surface area contributed by atoms with E-state index in [4.69, 9.17) is 9.47 Å². The van der Waals surface area contributed by atoms with Crippen LogP contribution in [0.15, 0.2) is 18.3 Å². The maximum Gasteiger partial charge on any atom is 0.265 e. The molecule has 1 amide bonds. The van der Waals surface area contributed by atoms with Gasteiger partial charge in [-0.3, -0.25) is 4.79 Å². The average molecular weight is 333 g/mol. The van der Waals surface area contributed by atoms with Gasteiger partial charge < -0.3 is 19.4 Å². The van der Waals surface area contributed by atoms with Crippen molar-refractivity contribution in [3.8, 4) is 5.88 Å². The molecule has 124 valence electrons. The van der Waals surface area contributed by atoms with Crippen molar-refractivity contribution in [1.29, 1.82) is 0 Å². The molecule has 6 nitrogen and oxygen atoms in total. The Morgan fingerprint density at radius 1 is 1.43 bits per heavy atom. The number of ether oxygens (including phenoxy) is 2. The molecule has 3 heterocycles. The number of nitrogens with one attached hydrogen (secondary N) is 1. The summed E-state index contributed by atoms with van der Waals surface area (Å²) in [7, 11) is -1.08. The zero-order chi connectivity index (χ0) is 16.6. The molecule has 1 N–H and O–H groups in total. The molecule has 23 heavy (non-hydrogen) atoms. The van der Waals surface area contributed by atoms with E-state index in [0.29, 0.717) is 18.3 Å². The van der Waals surface area contributed by atoms with E-state index >= 15 is 0 Å². The van der Waals surface area contributed by atoms with E-state index in [9.17, 15) is 4.79 Å². The van der Waals surface area contributed by atoms with Crippen molar-refractivity contribution >= 4 is 30.7 Å². The number of amides is 1. The lowest BCUT2D eigenvalue weighted by Crippen LogP contribution is -2.34. The van der Waals surface area contributed by atoms with Gasteiger partial charge in [0.05, 0.1) is 0 Å². The summed E-state index contributed by atoms with van der Waals surface area (Å²) < 4.78 is 13.3. The van der Waals surface area contributed by atoms with E-state index in [0.717, 1.165) is 23.7 Å². The van der Waals surface area contributed by atoms with Gasteiger partial charge in [-0.05, 0) is 25.1 Å². The topological polar surface area (TPSA) is 65.4 Å². The number of anilines is 1. The van der Waals surface area contributed by atoms with Crippen LogP contribution in [0, 0.1) is 0 Å².